The molecule has 13 heavy (non-hydrogen) atoms. The molecule has 0 aliphatic rings. The van der Waals surface area contributed by atoms with Crippen LogP contribution in [0.5, 0.6) is 0 Å². The SMILES string of the molecule is NCCc1ccccc1C(N)CO. The van der Waals surface area contributed by atoms with E-state index in [0.29, 0.717) is 6.54 Å². The van der Waals surface area contributed by atoms with Gasteiger partial charge in [0.1, 0.15) is 0 Å². The van der Waals surface area contributed by atoms with Gasteiger partial charge >= 0.3 is 0 Å². The normalized spacial score (nSPS) is 12.8. The van der Waals surface area contributed by atoms with Crippen LogP contribution in [0.25, 0.3) is 0 Å². The molecule has 0 heterocycles. The lowest BCUT2D eigenvalue weighted by molar-refractivity contribution is 0.267. The largest absolute Gasteiger partial charge is 0.394 e. The molecule has 0 amide bonds. The first-order chi connectivity index (χ1) is 6.29. The molecule has 0 spiro atoms. The quantitative estimate of drug-likeness (QED) is 0.619. The van der Waals surface area contributed by atoms with Crippen LogP contribution in [0.3, 0.4) is 0 Å². The summed E-state index contributed by atoms with van der Waals surface area (Å²) < 4.78 is 0. The fourth-order valence-electron chi connectivity index (χ4n) is 1.38. The fourth-order valence-corrected chi connectivity index (χ4v) is 1.38. The van der Waals surface area contributed by atoms with Gasteiger partial charge in [-0.15, -0.1) is 0 Å². The number of aliphatic hydroxyl groups is 1. The van der Waals surface area contributed by atoms with Crippen LogP contribution in [0, 0.1) is 0 Å². The Hall–Kier alpha value is -0.900. The van der Waals surface area contributed by atoms with Crippen molar-refractivity contribution >= 4 is 0 Å². The summed E-state index contributed by atoms with van der Waals surface area (Å²) in [5.74, 6) is 0. The summed E-state index contributed by atoms with van der Waals surface area (Å²) in [6.07, 6.45) is 0.809. The Labute approximate surface area is 78.4 Å². The molecule has 1 unspecified atom stereocenters. The minimum Gasteiger partial charge on any atom is -0.394 e. The number of benzene rings is 1. The number of rotatable bonds is 4. The first kappa shape index (κ1) is 10.2. The summed E-state index contributed by atoms with van der Waals surface area (Å²) in [6.45, 7) is 0.580. The Balaban J connectivity index is 2.90. The zero-order valence-electron chi connectivity index (χ0n) is 7.61. The van der Waals surface area contributed by atoms with Gasteiger partial charge < -0.3 is 16.6 Å². The minimum absolute atomic E-state index is 0.0262. The van der Waals surface area contributed by atoms with E-state index in [1.54, 1.807) is 0 Å². The second-order valence-corrected chi connectivity index (χ2v) is 3.03. The highest BCUT2D eigenvalue weighted by Gasteiger charge is 2.07. The Kier molecular flexibility index (Phi) is 3.89. The molecule has 1 aromatic rings. The molecule has 0 saturated carbocycles. The molecule has 5 N–H and O–H groups in total. The lowest BCUT2D eigenvalue weighted by Crippen LogP contribution is -2.17. The van der Waals surface area contributed by atoms with Gasteiger partial charge in [-0.1, -0.05) is 24.3 Å². The summed E-state index contributed by atoms with van der Waals surface area (Å²) in [6, 6.07) is 7.52. The highest BCUT2D eigenvalue weighted by molar-refractivity contribution is 5.30. The predicted octanol–water partition coefficient (Wildman–Crippen LogP) is 0.180. The second kappa shape index (κ2) is 4.97. The summed E-state index contributed by atoms with van der Waals surface area (Å²) in [4.78, 5) is 0. The van der Waals surface area contributed by atoms with Crippen molar-refractivity contribution in [2.24, 2.45) is 11.5 Å². The van der Waals surface area contributed by atoms with Gasteiger partial charge in [0.15, 0.2) is 0 Å². The predicted molar refractivity (Wildman–Crippen MR) is 53.2 cm³/mol. The summed E-state index contributed by atoms with van der Waals surface area (Å²) in [7, 11) is 0. The van der Waals surface area contributed by atoms with E-state index in [0.717, 1.165) is 17.5 Å². The van der Waals surface area contributed by atoms with Crippen molar-refractivity contribution in [1.82, 2.24) is 0 Å². The maximum Gasteiger partial charge on any atom is 0.0624 e. The van der Waals surface area contributed by atoms with Gasteiger partial charge in [-0.25, -0.2) is 0 Å². The Morgan fingerprint density at radius 3 is 2.62 bits per heavy atom. The van der Waals surface area contributed by atoms with Crippen LogP contribution in [0.2, 0.25) is 0 Å². The van der Waals surface area contributed by atoms with Crippen LogP contribution >= 0.6 is 0 Å². The second-order valence-electron chi connectivity index (χ2n) is 3.03. The van der Waals surface area contributed by atoms with Crippen molar-refractivity contribution in [1.29, 1.82) is 0 Å². The number of aliphatic hydroxyl groups excluding tert-OH is 1. The lowest BCUT2D eigenvalue weighted by atomic mass is 9.99. The molecule has 0 aliphatic carbocycles. The van der Waals surface area contributed by atoms with Crippen molar-refractivity contribution in [3.63, 3.8) is 0 Å². The molecule has 3 heteroatoms. The van der Waals surface area contributed by atoms with E-state index >= 15 is 0 Å². The van der Waals surface area contributed by atoms with Crippen LogP contribution < -0.4 is 11.5 Å². The molecule has 72 valence electrons. The van der Waals surface area contributed by atoms with E-state index in [9.17, 15) is 0 Å². The Morgan fingerprint density at radius 2 is 2.00 bits per heavy atom. The number of hydrogen-bond acceptors (Lipinski definition) is 3. The van der Waals surface area contributed by atoms with Crippen molar-refractivity contribution in [3.05, 3.63) is 35.4 Å². The van der Waals surface area contributed by atoms with Crippen molar-refractivity contribution in [3.8, 4) is 0 Å². The van der Waals surface area contributed by atoms with E-state index in [1.165, 1.54) is 0 Å². The molecule has 0 fully saturated rings. The van der Waals surface area contributed by atoms with Crippen molar-refractivity contribution in [2.45, 2.75) is 12.5 Å². The third-order valence-corrected chi connectivity index (χ3v) is 2.06. The standard InChI is InChI=1S/C10H16N2O/c11-6-5-8-3-1-2-4-9(8)10(12)7-13/h1-4,10,13H,5-7,11-12H2. The van der Waals surface area contributed by atoms with Gasteiger partial charge in [0.2, 0.25) is 0 Å². The van der Waals surface area contributed by atoms with Crippen LogP contribution in [0.1, 0.15) is 17.2 Å². The molecular weight excluding hydrogens is 164 g/mol. The number of hydrogen-bond donors (Lipinski definition) is 3. The highest BCUT2D eigenvalue weighted by Crippen LogP contribution is 2.15. The monoisotopic (exact) mass is 180 g/mol. The number of nitrogens with two attached hydrogens (primary N) is 2. The van der Waals surface area contributed by atoms with Gasteiger partial charge in [0, 0.05) is 0 Å². The molecule has 0 saturated heterocycles. The molecule has 1 aromatic carbocycles. The molecule has 0 bridgehead atoms. The van der Waals surface area contributed by atoms with E-state index in [-0.39, 0.29) is 12.6 Å². The van der Waals surface area contributed by atoms with Gasteiger partial charge in [-0.2, -0.15) is 0 Å². The van der Waals surface area contributed by atoms with Gasteiger partial charge in [0.25, 0.3) is 0 Å². The van der Waals surface area contributed by atoms with Crippen molar-refractivity contribution in [2.75, 3.05) is 13.2 Å². The van der Waals surface area contributed by atoms with Crippen LogP contribution in [0.4, 0.5) is 0 Å². The first-order valence-corrected chi connectivity index (χ1v) is 4.44. The van der Waals surface area contributed by atoms with Gasteiger partial charge in [-0.3, -0.25) is 0 Å². The fraction of sp³-hybridized carbons (Fsp3) is 0.400. The third-order valence-electron chi connectivity index (χ3n) is 2.06. The van der Waals surface area contributed by atoms with Crippen LogP contribution in [0.15, 0.2) is 24.3 Å². The van der Waals surface area contributed by atoms with Gasteiger partial charge in [0.05, 0.1) is 12.6 Å². The molecule has 0 aliphatic heterocycles. The Morgan fingerprint density at radius 1 is 1.31 bits per heavy atom. The average molecular weight is 180 g/mol. The van der Waals surface area contributed by atoms with Crippen LogP contribution in [-0.2, 0) is 6.42 Å². The van der Waals surface area contributed by atoms with Crippen molar-refractivity contribution < 1.29 is 5.11 Å². The van der Waals surface area contributed by atoms with E-state index in [1.807, 2.05) is 24.3 Å². The van der Waals surface area contributed by atoms with Gasteiger partial charge in [-0.05, 0) is 24.1 Å². The molecule has 0 aromatic heterocycles. The zero-order chi connectivity index (χ0) is 9.68. The smallest absolute Gasteiger partial charge is 0.0624 e. The topological polar surface area (TPSA) is 72.3 Å². The Bertz CT molecular complexity index is 263. The first-order valence-electron chi connectivity index (χ1n) is 4.44. The average Bonchev–Trinajstić information content (AvgIpc) is 2.18. The molecular formula is C10H16N2O. The van der Waals surface area contributed by atoms with E-state index in [4.69, 9.17) is 16.6 Å². The molecule has 1 atom stereocenters. The van der Waals surface area contributed by atoms with E-state index < -0.39 is 0 Å². The zero-order valence-corrected chi connectivity index (χ0v) is 7.61. The highest BCUT2D eigenvalue weighted by atomic mass is 16.3. The molecule has 3 nitrogen and oxygen atoms in total. The summed E-state index contributed by atoms with van der Waals surface area (Å²) >= 11 is 0. The van der Waals surface area contributed by atoms with E-state index in [2.05, 4.69) is 0 Å². The maximum absolute atomic E-state index is 8.92. The molecule has 0 radical (unpaired) electrons. The molecule has 1 rings (SSSR count). The van der Waals surface area contributed by atoms with Crippen LogP contribution in [-0.4, -0.2) is 18.3 Å². The minimum atomic E-state index is -0.289. The summed E-state index contributed by atoms with van der Waals surface area (Å²) in [5.41, 5.74) is 13.3. The maximum atomic E-state index is 8.92. The third kappa shape index (κ3) is 2.52. The summed E-state index contributed by atoms with van der Waals surface area (Å²) in [5, 5.41) is 8.92. The lowest BCUT2D eigenvalue weighted by Gasteiger charge is -2.13.